The van der Waals surface area contributed by atoms with Gasteiger partial charge in [-0.3, -0.25) is 4.79 Å². The fraction of sp³-hybridized carbons (Fsp3) is 0.533. The second kappa shape index (κ2) is 8.69. The summed E-state index contributed by atoms with van der Waals surface area (Å²) in [6, 6.07) is 5.36. The molecule has 0 heterocycles. The molecule has 0 radical (unpaired) electrons. The quantitative estimate of drug-likeness (QED) is 0.774. The number of hydrogen-bond donors (Lipinski definition) is 2. The van der Waals surface area contributed by atoms with Crippen molar-refractivity contribution >= 4 is 23.2 Å². The highest BCUT2D eigenvalue weighted by Crippen LogP contribution is 2.27. The van der Waals surface area contributed by atoms with Crippen LogP contribution in [-0.4, -0.2) is 26.1 Å². The van der Waals surface area contributed by atoms with Crippen molar-refractivity contribution in [1.82, 2.24) is 5.32 Å². The summed E-state index contributed by atoms with van der Waals surface area (Å²) < 4.78 is 5.23. The Morgan fingerprint density at radius 2 is 2.10 bits per heavy atom. The molecular formula is C15H23ClN2O2. The van der Waals surface area contributed by atoms with Crippen molar-refractivity contribution in [3.8, 4) is 5.75 Å². The number of anilines is 1. The van der Waals surface area contributed by atoms with Crippen LogP contribution in [0.3, 0.4) is 0 Å². The Balaban J connectivity index is 2.33. The number of hydrogen-bond acceptors (Lipinski definition) is 3. The van der Waals surface area contributed by atoms with Crippen LogP contribution in [0.5, 0.6) is 5.75 Å². The number of nitrogens with one attached hydrogen (secondary N) is 2. The first-order valence-electron chi connectivity index (χ1n) is 6.87. The summed E-state index contributed by atoms with van der Waals surface area (Å²) in [7, 11) is 1.60. The van der Waals surface area contributed by atoms with E-state index in [-0.39, 0.29) is 5.91 Å². The summed E-state index contributed by atoms with van der Waals surface area (Å²) in [5.41, 5.74) is 0.801. The van der Waals surface area contributed by atoms with Crippen LogP contribution >= 0.6 is 11.6 Å². The minimum atomic E-state index is 0.0548. The molecule has 5 heteroatoms. The molecule has 1 amide bonds. The van der Waals surface area contributed by atoms with Gasteiger partial charge in [-0.15, -0.1) is 0 Å². The smallest absolute Gasteiger partial charge is 0.221 e. The highest BCUT2D eigenvalue weighted by molar-refractivity contribution is 6.30. The van der Waals surface area contributed by atoms with Crippen LogP contribution in [0.15, 0.2) is 18.2 Å². The number of carbonyl (C=O) groups excluding carboxylic acids is 1. The summed E-state index contributed by atoms with van der Waals surface area (Å²) in [6.07, 6.45) is 1.43. The number of rotatable bonds is 8. The SMILES string of the molecule is COc1ccc(Cl)cc1NCCC(=O)NCCC(C)C. The number of halogens is 1. The van der Waals surface area contributed by atoms with Crippen LogP contribution in [0.1, 0.15) is 26.7 Å². The van der Waals surface area contributed by atoms with Crippen molar-refractivity contribution < 1.29 is 9.53 Å². The fourth-order valence-electron chi connectivity index (χ4n) is 1.72. The van der Waals surface area contributed by atoms with Crippen molar-refractivity contribution in [1.29, 1.82) is 0 Å². The Morgan fingerprint density at radius 3 is 2.75 bits per heavy atom. The predicted octanol–water partition coefficient (Wildman–Crippen LogP) is 3.31. The highest BCUT2D eigenvalue weighted by atomic mass is 35.5. The van der Waals surface area contributed by atoms with E-state index in [1.54, 1.807) is 25.3 Å². The van der Waals surface area contributed by atoms with Crippen LogP contribution in [0.2, 0.25) is 5.02 Å². The molecule has 4 nitrogen and oxygen atoms in total. The molecule has 0 aliphatic rings. The van der Waals surface area contributed by atoms with Gasteiger partial charge in [0.05, 0.1) is 12.8 Å². The lowest BCUT2D eigenvalue weighted by molar-refractivity contribution is -0.120. The van der Waals surface area contributed by atoms with Gasteiger partial charge in [0.25, 0.3) is 0 Å². The van der Waals surface area contributed by atoms with E-state index in [2.05, 4.69) is 24.5 Å². The van der Waals surface area contributed by atoms with E-state index in [9.17, 15) is 4.79 Å². The van der Waals surface area contributed by atoms with Gasteiger partial charge in [0.2, 0.25) is 5.91 Å². The molecule has 0 aliphatic heterocycles. The molecule has 2 N–H and O–H groups in total. The zero-order chi connectivity index (χ0) is 15.0. The van der Waals surface area contributed by atoms with E-state index in [4.69, 9.17) is 16.3 Å². The lowest BCUT2D eigenvalue weighted by atomic mass is 10.1. The van der Waals surface area contributed by atoms with Crippen LogP contribution in [-0.2, 0) is 4.79 Å². The van der Waals surface area contributed by atoms with E-state index in [1.807, 2.05) is 0 Å². The van der Waals surface area contributed by atoms with Gasteiger partial charge >= 0.3 is 0 Å². The Morgan fingerprint density at radius 1 is 1.35 bits per heavy atom. The van der Waals surface area contributed by atoms with Crippen LogP contribution in [0.25, 0.3) is 0 Å². The topological polar surface area (TPSA) is 50.4 Å². The zero-order valence-electron chi connectivity index (χ0n) is 12.3. The Hall–Kier alpha value is -1.42. The van der Waals surface area contributed by atoms with Crippen molar-refractivity contribution in [2.75, 3.05) is 25.5 Å². The third-order valence-electron chi connectivity index (χ3n) is 2.87. The molecule has 0 atom stereocenters. The first kappa shape index (κ1) is 16.6. The summed E-state index contributed by atoms with van der Waals surface area (Å²) in [4.78, 5) is 11.6. The van der Waals surface area contributed by atoms with Crippen LogP contribution in [0, 0.1) is 5.92 Å². The van der Waals surface area contributed by atoms with Gasteiger partial charge in [0.15, 0.2) is 0 Å². The molecule has 0 aliphatic carbocycles. The lowest BCUT2D eigenvalue weighted by Crippen LogP contribution is -2.27. The molecule has 0 unspecified atom stereocenters. The fourth-order valence-corrected chi connectivity index (χ4v) is 1.89. The van der Waals surface area contributed by atoms with Gasteiger partial charge in [0, 0.05) is 24.5 Å². The monoisotopic (exact) mass is 298 g/mol. The maximum atomic E-state index is 11.6. The number of ether oxygens (including phenoxy) is 1. The molecule has 112 valence electrons. The van der Waals surface area contributed by atoms with Crippen molar-refractivity contribution in [3.63, 3.8) is 0 Å². The molecule has 0 aromatic heterocycles. The third kappa shape index (κ3) is 6.15. The molecular weight excluding hydrogens is 276 g/mol. The predicted molar refractivity (Wildman–Crippen MR) is 83.6 cm³/mol. The van der Waals surface area contributed by atoms with Gasteiger partial charge in [0.1, 0.15) is 5.75 Å². The minimum absolute atomic E-state index is 0.0548. The molecule has 0 saturated heterocycles. The highest BCUT2D eigenvalue weighted by Gasteiger charge is 2.05. The van der Waals surface area contributed by atoms with E-state index < -0.39 is 0 Å². The van der Waals surface area contributed by atoms with E-state index in [1.165, 1.54) is 0 Å². The maximum Gasteiger partial charge on any atom is 0.221 e. The van der Waals surface area contributed by atoms with E-state index in [0.29, 0.717) is 23.9 Å². The molecule has 0 fully saturated rings. The standard InChI is InChI=1S/C15H23ClN2O2/c1-11(2)6-8-18-15(19)7-9-17-13-10-12(16)4-5-14(13)20-3/h4-5,10-11,17H,6-9H2,1-3H3,(H,18,19). The molecule has 0 saturated carbocycles. The van der Waals surface area contributed by atoms with Gasteiger partial charge in [-0.25, -0.2) is 0 Å². The molecule has 20 heavy (non-hydrogen) atoms. The normalized spacial score (nSPS) is 10.4. The number of carbonyl (C=O) groups is 1. The van der Waals surface area contributed by atoms with Gasteiger partial charge < -0.3 is 15.4 Å². The van der Waals surface area contributed by atoms with Gasteiger partial charge in [-0.1, -0.05) is 25.4 Å². The van der Waals surface area contributed by atoms with Crippen molar-refractivity contribution in [3.05, 3.63) is 23.2 Å². The van der Waals surface area contributed by atoms with Crippen molar-refractivity contribution in [2.45, 2.75) is 26.7 Å². The maximum absolute atomic E-state index is 11.6. The summed E-state index contributed by atoms with van der Waals surface area (Å²) in [6.45, 7) is 5.56. The molecule has 1 aromatic rings. The molecule has 1 rings (SSSR count). The lowest BCUT2D eigenvalue weighted by Gasteiger charge is -2.12. The van der Waals surface area contributed by atoms with Crippen molar-refractivity contribution in [2.24, 2.45) is 5.92 Å². The van der Waals surface area contributed by atoms with Crippen LogP contribution < -0.4 is 15.4 Å². The van der Waals surface area contributed by atoms with Crippen LogP contribution in [0.4, 0.5) is 5.69 Å². The average Bonchev–Trinajstić information content (AvgIpc) is 2.38. The average molecular weight is 299 g/mol. The number of amides is 1. The summed E-state index contributed by atoms with van der Waals surface area (Å²) >= 11 is 5.94. The first-order valence-corrected chi connectivity index (χ1v) is 7.25. The van der Waals surface area contributed by atoms with Gasteiger partial charge in [-0.2, -0.15) is 0 Å². The largest absolute Gasteiger partial charge is 0.495 e. The Labute approximate surface area is 125 Å². The zero-order valence-corrected chi connectivity index (χ0v) is 13.1. The third-order valence-corrected chi connectivity index (χ3v) is 3.11. The van der Waals surface area contributed by atoms with E-state index in [0.717, 1.165) is 24.4 Å². The van der Waals surface area contributed by atoms with Gasteiger partial charge in [-0.05, 0) is 30.5 Å². The summed E-state index contributed by atoms with van der Waals surface area (Å²) in [5.74, 6) is 1.37. The number of methoxy groups -OCH3 is 1. The molecule has 0 bridgehead atoms. The molecule has 1 aromatic carbocycles. The Bertz CT molecular complexity index is 436. The van der Waals surface area contributed by atoms with E-state index >= 15 is 0 Å². The molecule has 0 spiro atoms. The Kier molecular flexibility index (Phi) is 7.23. The second-order valence-electron chi connectivity index (χ2n) is 5.05. The summed E-state index contributed by atoms with van der Waals surface area (Å²) in [5, 5.41) is 6.70. The second-order valence-corrected chi connectivity index (χ2v) is 5.49. The number of benzene rings is 1. The minimum Gasteiger partial charge on any atom is -0.495 e. The first-order chi connectivity index (χ1) is 9.52.